The molecule has 1 heterocycles. The second kappa shape index (κ2) is 11.6. The van der Waals surface area contributed by atoms with E-state index in [0.29, 0.717) is 11.3 Å². The Kier molecular flexibility index (Phi) is 8.23. The first kappa shape index (κ1) is 26.3. The van der Waals surface area contributed by atoms with Gasteiger partial charge in [-0.1, -0.05) is 61.2 Å². The molecule has 4 rings (SSSR count). The molecule has 8 nitrogen and oxygen atoms in total. The maximum absolute atomic E-state index is 11.8. The summed E-state index contributed by atoms with van der Waals surface area (Å²) in [4.78, 5) is 33.7. The van der Waals surface area contributed by atoms with Crippen LogP contribution >= 0.6 is 0 Å². The highest BCUT2D eigenvalue weighted by Gasteiger charge is 2.29. The number of benzene rings is 3. The molecule has 1 saturated heterocycles. The van der Waals surface area contributed by atoms with E-state index in [-0.39, 0.29) is 26.1 Å². The van der Waals surface area contributed by atoms with Crippen molar-refractivity contribution in [2.75, 3.05) is 13.2 Å². The van der Waals surface area contributed by atoms with Crippen LogP contribution in [0.15, 0.2) is 73.3 Å². The largest absolute Gasteiger partial charge is 0.484 e. The molecule has 3 aromatic carbocycles. The number of rotatable bonds is 10. The smallest absolute Gasteiger partial charge is 0.306 e. The first-order valence-electron chi connectivity index (χ1n) is 12.0. The Morgan fingerprint density at radius 1 is 1.03 bits per heavy atom. The van der Waals surface area contributed by atoms with Gasteiger partial charge in [0.2, 0.25) is 6.29 Å². The Morgan fingerprint density at radius 2 is 1.78 bits per heavy atom. The van der Waals surface area contributed by atoms with Gasteiger partial charge in [0.05, 0.1) is 19.4 Å². The maximum atomic E-state index is 11.8. The Bertz CT molecular complexity index is 1270. The molecule has 0 spiro atoms. The summed E-state index contributed by atoms with van der Waals surface area (Å²) in [6.45, 7) is 7.95. The third-order valence-electron chi connectivity index (χ3n) is 5.85. The Labute approximate surface area is 215 Å². The van der Waals surface area contributed by atoms with Crippen molar-refractivity contribution in [3.8, 4) is 5.75 Å². The lowest BCUT2D eigenvalue weighted by molar-refractivity contribution is -0.435. The molecule has 0 bridgehead atoms. The van der Waals surface area contributed by atoms with Gasteiger partial charge in [-0.05, 0) is 47.9 Å². The fraction of sp³-hybridized carbons (Fsp3) is 0.310. The van der Waals surface area contributed by atoms with E-state index in [1.54, 1.807) is 19.9 Å². The minimum atomic E-state index is -1.05. The van der Waals surface area contributed by atoms with Crippen LogP contribution in [0.2, 0.25) is 0 Å². The lowest BCUT2D eigenvalue weighted by atomic mass is 10.0. The van der Waals surface area contributed by atoms with Gasteiger partial charge in [-0.25, -0.2) is 4.89 Å². The van der Waals surface area contributed by atoms with Gasteiger partial charge >= 0.3 is 11.9 Å². The molecule has 8 heteroatoms. The normalized spacial score (nSPS) is 17.8. The maximum Gasteiger partial charge on any atom is 0.306 e. The molecule has 3 aromatic rings. The second-order valence-corrected chi connectivity index (χ2v) is 9.38. The molecule has 1 N–H and O–H groups in total. The zero-order valence-electron chi connectivity index (χ0n) is 20.8. The summed E-state index contributed by atoms with van der Waals surface area (Å²) in [6, 6.07) is 21.3. The van der Waals surface area contributed by atoms with Crippen molar-refractivity contribution >= 4 is 28.3 Å². The molecule has 2 unspecified atom stereocenters. The van der Waals surface area contributed by atoms with Crippen LogP contribution in [0, 0.1) is 0 Å². The molecule has 0 aromatic heterocycles. The van der Waals surface area contributed by atoms with Crippen LogP contribution in [-0.2, 0) is 28.8 Å². The summed E-state index contributed by atoms with van der Waals surface area (Å²) in [5.41, 5.74) is 1.51. The molecule has 194 valence electrons. The summed E-state index contributed by atoms with van der Waals surface area (Å²) >= 11 is 0. The number of esters is 1. The predicted molar refractivity (Wildman–Crippen MR) is 137 cm³/mol. The van der Waals surface area contributed by atoms with Gasteiger partial charge in [0.15, 0.2) is 0 Å². The molecule has 1 aliphatic rings. The lowest BCUT2D eigenvalue weighted by Gasteiger charge is -2.30. The van der Waals surface area contributed by atoms with E-state index in [1.807, 2.05) is 60.7 Å². The minimum absolute atomic E-state index is 0.0282. The van der Waals surface area contributed by atoms with Crippen LogP contribution < -0.4 is 4.74 Å². The monoisotopic (exact) mass is 506 g/mol. The predicted octanol–water partition coefficient (Wildman–Crippen LogP) is 5.46. The third kappa shape index (κ3) is 6.95. The number of aliphatic carboxylic acids is 1. The van der Waals surface area contributed by atoms with Crippen molar-refractivity contribution in [1.29, 1.82) is 0 Å². The van der Waals surface area contributed by atoms with Crippen LogP contribution in [-0.4, -0.2) is 42.0 Å². The number of hydrogen-bond donors (Lipinski definition) is 1. The topological polar surface area (TPSA) is 101 Å². The number of ether oxygens (including phenoxy) is 3. The number of carbonyl (C=O) groups excluding carboxylic acids is 1. The van der Waals surface area contributed by atoms with Gasteiger partial charge in [0.25, 0.3) is 0 Å². The number of carboxylic acids is 1. The second-order valence-electron chi connectivity index (χ2n) is 9.38. The van der Waals surface area contributed by atoms with Gasteiger partial charge in [-0.15, -0.1) is 0 Å². The standard InChI is InChI=1S/C29H30O8/c1-19(25-17-33-28(37-36-25)24-13-7-9-20-8-4-5-12-23(20)24)21-10-6-11-22(16-21)35-29(2,3)18-34-27(32)15-14-26(30)31/h4-13,16,25,28H,1,14-15,17-18H2,2-3H3,(H,30,31). The fourth-order valence-electron chi connectivity index (χ4n) is 3.93. The van der Waals surface area contributed by atoms with Gasteiger partial charge in [-0.3, -0.25) is 9.59 Å². The van der Waals surface area contributed by atoms with Gasteiger partial charge in [0.1, 0.15) is 24.1 Å². The highest BCUT2D eigenvalue weighted by atomic mass is 17.2. The first-order chi connectivity index (χ1) is 17.7. The van der Waals surface area contributed by atoms with E-state index >= 15 is 0 Å². The van der Waals surface area contributed by atoms with Crippen molar-refractivity contribution < 1.29 is 38.7 Å². The SMILES string of the molecule is C=C(c1cccc(OC(C)(C)COC(=O)CCC(=O)O)c1)C1COC(c2cccc3ccccc23)OO1. The Balaban J connectivity index is 1.34. The number of fused-ring (bicyclic) bond motifs is 1. The molecule has 1 aliphatic heterocycles. The van der Waals surface area contributed by atoms with Crippen LogP contribution in [0.3, 0.4) is 0 Å². The van der Waals surface area contributed by atoms with Crippen molar-refractivity contribution in [3.05, 3.63) is 84.4 Å². The van der Waals surface area contributed by atoms with Crippen molar-refractivity contribution in [1.82, 2.24) is 0 Å². The Morgan fingerprint density at radius 3 is 2.54 bits per heavy atom. The summed E-state index contributed by atoms with van der Waals surface area (Å²) in [5, 5.41) is 10.8. The van der Waals surface area contributed by atoms with E-state index in [9.17, 15) is 9.59 Å². The van der Waals surface area contributed by atoms with Crippen LogP contribution in [0.25, 0.3) is 16.3 Å². The minimum Gasteiger partial charge on any atom is -0.484 e. The molecule has 0 saturated carbocycles. The summed E-state index contributed by atoms with van der Waals surface area (Å²) < 4.78 is 17.2. The van der Waals surface area contributed by atoms with Crippen molar-refractivity contribution in [3.63, 3.8) is 0 Å². The molecule has 0 amide bonds. The zero-order valence-corrected chi connectivity index (χ0v) is 20.8. The average Bonchev–Trinajstić information content (AvgIpc) is 2.90. The van der Waals surface area contributed by atoms with E-state index in [4.69, 9.17) is 29.1 Å². The van der Waals surface area contributed by atoms with Gasteiger partial charge in [-0.2, -0.15) is 4.89 Å². The molecular weight excluding hydrogens is 476 g/mol. The van der Waals surface area contributed by atoms with E-state index in [1.165, 1.54) is 0 Å². The summed E-state index contributed by atoms with van der Waals surface area (Å²) in [6.07, 6.45) is -1.62. The summed E-state index contributed by atoms with van der Waals surface area (Å²) in [5.74, 6) is -1.08. The highest BCUT2D eigenvalue weighted by molar-refractivity contribution is 5.85. The number of carboxylic acid groups (broad SMARTS) is 1. The number of carbonyl (C=O) groups is 2. The fourth-order valence-corrected chi connectivity index (χ4v) is 3.93. The molecule has 0 radical (unpaired) electrons. The lowest BCUT2D eigenvalue weighted by Crippen LogP contribution is -2.35. The van der Waals surface area contributed by atoms with Crippen LogP contribution in [0.4, 0.5) is 0 Å². The number of hydrogen-bond acceptors (Lipinski definition) is 7. The molecule has 0 aliphatic carbocycles. The quantitative estimate of drug-likeness (QED) is 0.286. The van der Waals surface area contributed by atoms with Crippen molar-refractivity contribution in [2.45, 2.75) is 44.7 Å². The average molecular weight is 507 g/mol. The molecule has 37 heavy (non-hydrogen) atoms. The van der Waals surface area contributed by atoms with Gasteiger partial charge < -0.3 is 19.3 Å². The van der Waals surface area contributed by atoms with Gasteiger partial charge in [0, 0.05) is 5.56 Å². The zero-order chi connectivity index (χ0) is 26.4. The van der Waals surface area contributed by atoms with Crippen LogP contribution in [0.1, 0.15) is 44.1 Å². The van der Waals surface area contributed by atoms with E-state index < -0.39 is 29.9 Å². The molecular formula is C29H30O8. The Hall–Kier alpha value is -3.72. The van der Waals surface area contributed by atoms with Crippen molar-refractivity contribution in [2.24, 2.45) is 0 Å². The highest BCUT2D eigenvalue weighted by Crippen LogP contribution is 2.34. The third-order valence-corrected chi connectivity index (χ3v) is 5.85. The summed E-state index contributed by atoms with van der Waals surface area (Å²) in [7, 11) is 0. The first-order valence-corrected chi connectivity index (χ1v) is 12.0. The van der Waals surface area contributed by atoms with Crippen LogP contribution in [0.5, 0.6) is 5.75 Å². The molecule has 1 fully saturated rings. The van der Waals surface area contributed by atoms with E-state index in [2.05, 4.69) is 6.58 Å². The molecule has 2 atom stereocenters. The van der Waals surface area contributed by atoms with E-state index in [0.717, 1.165) is 21.9 Å².